The summed E-state index contributed by atoms with van der Waals surface area (Å²) >= 11 is 0. The van der Waals surface area contributed by atoms with Crippen LogP contribution in [0.4, 0.5) is 13.2 Å². The van der Waals surface area contributed by atoms with Crippen molar-refractivity contribution in [3.8, 4) is 0 Å². The molecule has 16 heavy (non-hydrogen) atoms. The average molecular weight is 236 g/mol. The lowest BCUT2D eigenvalue weighted by molar-refractivity contribution is -0.170. The zero-order chi connectivity index (χ0) is 12.6. The Kier molecular flexibility index (Phi) is 3.02. The molecule has 0 radical (unpaired) electrons. The van der Waals surface area contributed by atoms with Crippen LogP contribution in [0.15, 0.2) is 0 Å². The third-order valence-electron chi connectivity index (χ3n) is 1.69. The Balaban J connectivity index is 2.78. The summed E-state index contributed by atoms with van der Waals surface area (Å²) in [5, 5.41) is 10.7. The van der Waals surface area contributed by atoms with Crippen molar-refractivity contribution in [3.63, 3.8) is 0 Å². The van der Waals surface area contributed by atoms with Gasteiger partial charge in [0.1, 0.15) is 0 Å². The van der Waals surface area contributed by atoms with Gasteiger partial charge in [0.15, 0.2) is 5.82 Å². The second-order valence-electron chi connectivity index (χ2n) is 4.26. The number of hydrogen-bond acceptors (Lipinski definition) is 4. The molecule has 0 bridgehead atoms. The smallest absolute Gasteiger partial charge is 0.289 e. The first-order valence-corrected chi connectivity index (χ1v) is 4.50. The van der Waals surface area contributed by atoms with E-state index >= 15 is 0 Å². The van der Waals surface area contributed by atoms with Crippen molar-refractivity contribution in [1.29, 1.82) is 0 Å². The van der Waals surface area contributed by atoms with Crippen molar-refractivity contribution in [2.45, 2.75) is 38.9 Å². The zero-order valence-electron chi connectivity index (χ0n) is 9.04. The maximum absolute atomic E-state index is 11.9. The summed E-state index contributed by atoms with van der Waals surface area (Å²) in [6.07, 6.45) is -5.73. The van der Waals surface area contributed by atoms with Gasteiger partial charge in [0.05, 0.1) is 12.0 Å². The predicted molar refractivity (Wildman–Crippen MR) is 47.6 cm³/mol. The van der Waals surface area contributed by atoms with Crippen LogP contribution in [-0.4, -0.2) is 32.2 Å². The molecule has 0 fully saturated rings. The van der Waals surface area contributed by atoms with E-state index in [4.69, 9.17) is 0 Å². The molecule has 1 aromatic heterocycles. The molecule has 0 aromatic carbocycles. The highest BCUT2D eigenvalue weighted by Crippen LogP contribution is 2.18. The molecule has 0 saturated carbocycles. The van der Waals surface area contributed by atoms with Crippen molar-refractivity contribution >= 4 is 5.78 Å². The van der Waals surface area contributed by atoms with E-state index < -0.39 is 23.9 Å². The van der Waals surface area contributed by atoms with Gasteiger partial charge in [-0.2, -0.15) is 18.0 Å². The molecule has 0 amide bonds. The third-order valence-corrected chi connectivity index (χ3v) is 1.69. The van der Waals surface area contributed by atoms with Gasteiger partial charge in [-0.25, -0.2) is 0 Å². The summed E-state index contributed by atoms with van der Waals surface area (Å²) in [5.41, 5.74) is -0.480. The minimum Gasteiger partial charge on any atom is -0.289 e. The maximum atomic E-state index is 11.9. The number of Topliss-reactive ketones (excluding diaryl/α,β-unsaturated/α-hetero) is 1. The molecule has 0 N–H and O–H groups in total. The number of nitrogens with zero attached hydrogens (tertiary/aromatic N) is 4. The molecule has 1 rings (SSSR count). The Morgan fingerprint density at radius 2 is 1.88 bits per heavy atom. The van der Waals surface area contributed by atoms with E-state index in [1.807, 2.05) is 0 Å². The molecule has 90 valence electrons. The monoisotopic (exact) mass is 236 g/mol. The quantitative estimate of drug-likeness (QED) is 0.771. The standard InChI is InChI=1S/C8H11F3N4O/c1-7(2,3)15-13-6(12-14-15)4-5(16)8(9,10)11/h4H2,1-3H3. The van der Waals surface area contributed by atoms with Gasteiger partial charge in [-0.05, 0) is 26.0 Å². The van der Waals surface area contributed by atoms with Crippen molar-refractivity contribution in [2.75, 3.05) is 0 Å². The van der Waals surface area contributed by atoms with Gasteiger partial charge in [-0.3, -0.25) is 4.79 Å². The van der Waals surface area contributed by atoms with Gasteiger partial charge in [0, 0.05) is 0 Å². The van der Waals surface area contributed by atoms with E-state index in [1.54, 1.807) is 20.8 Å². The van der Waals surface area contributed by atoms with Crippen molar-refractivity contribution < 1.29 is 18.0 Å². The molecule has 0 aliphatic heterocycles. The molecule has 0 aliphatic carbocycles. The van der Waals surface area contributed by atoms with Crippen LogP contribution in [0.5, 0.6) is 0 Å². The van der Waals surface area contributed by atoms with Crippen LogP contribution in [0.2, 0.25) is 0 Å². The highest BCUT2D eigenvalue weighted by Gasteiger charge is 2.38. The fourth-order valence-electron chi connectivity index (χ4n) is 0.842. The third kappa shape index (κ3) is 3.01. The highest BCUT2D eigenvalue weighted by atomic mass is 19.4. The number of alkyl halides is 3. The number of aromatic nitrogens is 4. The molecule has 0 spiro atoms. The van der Waals surface area contributed by atoms with Crippen LogP contribution >= 0.6 is 0 Å². The summed E-state index contributed by atoms with van der Waals surface area (Å²) in [5.74, 6) is -2.10. The van der Waals surface area contributed by atoms with Gasteiger partial charge in [0.2, 0.25) is 5.78 Å². The van der Waals surface area contributed by atoms with E-state index in [-0.39, 0.29) is 5.82 Å². The number of ketones is 1. The normalized spacial score (nSPS) is 12.9. The van der Waals surface area contributed by atoms with Gasteiger partial charge in [0.25, 0.3) is 0 Å². The Hall–Kier alpha value is -1.47. The number of halogens is 3. The van der Waals surface area contributed by atoms with E-state index in [0.717, 1.165) is 0 Å². The summed E-state index contributed by atoms with van der Waals surface area (Å²) in [6.45, 7) is 5.30. The molecule has 0 atom stereocenters. The fraction of sp³-hybridized carbons (Fsp3) is 0.750. The van der Waals surface area contributed by atoms with E-state index in [9.17, 15) is 18.0 Å². The first-order valence-electron chi connectivity index (χ1n) is 4.50. The largest absolute Gasteiger partial charge is 0.450 e. The summed E-state index contributed by atoms with van der Waals surface area (Å²) < 4.78 is 35.8. The molecule has 1 aromatic rings. The minimum atomic E-state index is -4.85. The molecular formula is C8H11F3N4O. The number of tetrazole rings is 1. The number of rotatable bonds is 2. The number of hydrogen-bond donors (Lipinski definition) is 0. The lowest BCUT2D eigenvalue weighted by Crippen LogP contribution is -2.26. The van der Waals surface area contributed by atoms with E-state index in [2.05, 4.69) is 15.4 Å². The lowest BCUT2D eigenvalue weighted by atomic mass is 10.1. The Morgan fingerprint density at radius 1 is 1.31 bits per heavy atom. The Morgan fingerprint density at radius 3 is 2.25 bits per heavy atom. The summed E-state index contributed by atoms with van der Waals surface area (Å²) in [7, 11) is 0. The van der Waals surface area contributed by atoms with Gasteiger partial charge in [-0.1, -0.05) is 0 Å². The molecule has 8 heteroatoms. The first-order chi connectivity index (χ1) is 7.10. The molecular weight excluding hydrogens is 225 g/mol. The van der Waals surface area contributed by atoms with Crippen molar-refractivity contribution in [3.05, 3.63) is 5.82 Å². The second kappa shape index (κ2) is 3.84. The zero-order valence-corrected chi connectivity index (χ0v) is 9.04. The number of carbonyl (C=O) groups is 1. The van der Waals surface area contributed by atoms with Crippen LogP contribution < -0.4 is 0 Å². The van der Waals surface area contributed by atoms with Crippen LogP contribution in [0, 0.1) is 0 Å². The molecule has 0 aliphatic rings. The molecule has 5 nitrogen and oxygen atoms in total. The van der Waals surface area contributed by atoms with Crippen LogP contribution in [-0.2, 0) is 16.8 Å². The summed E-state index contributed by atoms with van der Waals surface area (Å²) in [6, 6.07) is 0. The lowest BCUT2D eigenvalue weighted by Gasteiger charge is -2.15. The molecule has 0 saturated heterocycles. The second-order valence-corrected chi connectivity index (χ2v) is 4.26. The average Bonchev–Trinajstić information content (AvgIpc) is 2.49. The van der Waals surface area contributed by atoms with E-state index in [0.29, 0.717) is 0 Å². The fourth-order valence-corrected chi connectivity index (χ4v) is 0.842. The molecule has 0 unspecified atom stereocenters. The van der Waals surface area contributed by atoms with Crippen molar-refractivity contribution in [1.82, 2.24) is 20.2 Å². The van der Waals surface area contributed by atoms with Crippen LogP contribution in [0.1, 0.15) is 26.6 Å². The van der Waals surface area contributed by atoms with Gasteiger partial charge >= 0.3 is 6.18 Å². The maximum Gasteiger partial charge on any atom is 0.450 e. The Labute approximate surface area is 89.6 Å². The van der Waals surface area contributed by atoms with Crippen LogP contribution in [0.3, 0.4) is 0 Å². The SMILES string of the molecule is CC(C)(C)n1nnc(CC(=O)C(F)(F)F)n1. The Bertz CT molecular complexity index is 391. The minimum absolute atomic E-state index is 0.225. The van der Waals surface area contributed by atoms with Gasteiger partial charge < -0.3 is 0 Å². The summed E-state index contributed by atoms with van der Waals surface area (Å²) in [4.78, 5) is 11.8. The number of carbonyl (C=O) groups excluding carboxylic acids is 1. The predicted octanol–water partition coefficient (Wildman–Crippen LogP) is 1.10. The van der Waals surface area contributed by atoms with E-state index in [1.165, 1.54) is 4.80 Å². The van der Waals surface area contributed by atoms with Gasteiger partial charge in [-0.15, -0.1) is 10.2 Å². The highest BCUT2D eigenvalue weighted by molar-refractivity contribution is 5.85. The first kappa shape index (κ1) is 12.6. The topological polar surface area (TPSA) is 60.7 Å². The van der Waals surface area contributed by atoms with Crippen LogP contribution in [0.25, 0.3) is 0 Å². The van der Waals surface area contributed by atoms with Crippen molar-refractivity contribution in [2.24, 2.45) is 0 Å². The molecule has 1 heterocycles.